The van der Waals surface area contributed by atoms with Gasteiger partial charge in [0.15, 0.2) is 0 Å². The predicted molar refractivity (Wildman–Crippen MR) is 47.5 cm³/mol. The van der Waals surface area contributed by atoms with E-state index in [1.54, 1.807) is 0 Å². The van der Waals surface area contributed by atoms with Gasteiger partial charge in [0.1, 0.15) is 0 Å². The number of hydrogen-bond acceptors (Lipinski definition) is 1. The molecule has 54 valence electrons. The van der Waals surface area contributed by atoms with E-state index in [0.717, 1.165) is 11.3 Å². The van der Waals surface area contributed by atoms with E-state index in [9.17, 15) is 0 Å². The van der Waals surface area contributed by atoms with Crippen LogP contribution < -0.4 is 5.73 Å². The average molecular weight is 143 g/mol. The Labute approximate surface area is 65.8 Å². The van der Waals surface area contributed by atoms with Crippen LogP contribution in [-0.4, -0.2) is 0 Å². The monoisotopic (exact) mass is 143 g/mol. The lowest BCUT2D eigenvalue weighted by molar-refractivity contribution is 1.81. The number of fused-ring (bicyclic) bond motifs is 1. The molecule has 0 aromatic carbocycles. The first-order chi connectivity index (χ1) is 5.38. The first-order valence-corrected chi connectivity index (χ1v) is 3.61. The molecule has 0 amide bonds. The van der Waals surface area contributed by atoms with Crippen molar-refractivity contribution in [3.63, 3.8) is 0 Å². The van der Waals surface area contributed by atoms with Crippen molar-refractivity contribution >= 4 is 5.69 Å². The van der Waals surface area contributed by atoms with Crippen LogP contribution in [0, 0.1) is 0 Å². The molecule has 0 aliphatic heterocycles. The number of nitrogen functional groups attached to an aromatic ring is 1. The number of nitrogens with two attached hydrogens (primary N) is 1. The van der Waals surface area contributed by atoms with Gasteiger partial charge in [-0.15, -0.1) is 0 Å². The lowest BCUT2D eigenvalue weighted by atomic mass is 10.2. The van der Waals surface area contributed by atoms with Crippen LogP contribution in [0.25, 0.3) is 11.1 Å². The molecular formula is C10H9N. The Hall–Kier alpha value is -1.50. The molecule has 0 heterocycles. The van der Waals surface area contributed by atoms with Crippen LogP contribution in [-0.2, 0) is 0 Å². The summed E-state index contributed by atoms with van der Waals surface area (Å²) in [7, 11) is 0. The van der Waals surface area contributed by atoms with Gasteiger partial charge in [-0.3, -0.25) is 0 Å². The van der Waals surface area contributed by atoms with Gasteiger partial charge >= 0.3 is 0 Å². The third kappa shape index (κ3) is 0.944. The van der Waals surface area contributed by atoms with Crippen molar-refractivity contribution < 1.29 is 0 Å². The van der Waals surface area contributed by atoms with E-state index in [-0.39, 0.29) is 0 Å². The molecule has 0 atom stereocenters. The number of rotatable bonds is 0. The Morgan fingerprint density at radius 2 is 1.64 bits per heavy atom. The highest BCUT2D eigenvalue weighted by Gasteiger charge is 2.02. The third-order valence-electron chi connectivity index (χ3n) is 1.83. The highest BCUT2D eigenvalue weighted by molar-refractivity contribution is 5.79. The molecule has 2 aliphatic carbocycles. The highest BCUT2D eigenvalue weighted by Crippen LogP contribution is 2.27. The smallest absolute Gasteiger partial charge is 0.0393 e. The topological polar surface area (TPSA) is 26.0 Å². The molecule has 0 aromatic rings. The van der Waals surface area contributed by atoms with E-state index in [1.807, 2.05) is 36.4 Å². The molecule has 11 heavy (non-hydrogen) atoms. The van der Waals surface area contributed by atoms with Crippen LogP contribution in [0.1, 0.15) is 0 Å². The second kappa shape index (κ2) is 2.27. The van der Waals surface area contributed by atoms with Gasteiger partial charge in [0.2, 0.25) is 0 Å². The molecule has 0 bridgehead atoms. The first kappa shape index (κ1) is 6.23. The molecule has 0 radical (unpaired) electrons. The van der Waals surface area contributed by atoms with E-state index in [0.29, 0.717) is 0 Å². The predicted octanol–water partition coefficient (Wildman–Crippen LogP) is 2.37. The second-order valence-corrected chi connectivity index (χ2v) is 2.57. The maximum Gasteiger partial charge on any atom is 0.0393 e. The van der Waals surface area contributed by atoms with Crippen LogP contribution in [0.2, 0.25) is 0 Å². The van der Waals surface area contributed by atoms with Crippen molar-refractivity contribution in [2.24, 2.45) is 0 Å². The fraction of sp³-hybridized carbons (Fsp3) is 0. The fourth-order valence-electron chi connectivity index (χ4n) is 1.24. The van der Waals surface area contributed by atoms with Gasteiger partial charge in [0, 0.05) is 11.3 Å². The maximum absolute atomic E-state index is 5.73. The van der Waals surface area contributed by atoms with E-state index in [4.69, 9.17) is 5.73 Å². The normalized spacial score (nSPS) is 10.2. The van der Waals surface area contributed by atoms with Crippen molar-refractivity contribution in [1.82, 2.24) is 0 Å². The average Bonchev–Trinajstić information content (AvgIpc) is 2.25. The van der Waals surface area contributed by atoms with Gasteiger partial charge in [-0.05, 0) is 11.6 Å². The van der Waals surface area contributed by atoms with Gasteiger partial charge in [-0.2, -0.15) is 0 Å². The van der Waals surface area contributed by atoms with E-state index in [2.05, 4.69) is 6.07 Å². The highest BCUT2D eigenvalue weighted by atomic mass is 14.6. The van der Waals surface area contributed by atoms with Crippen molar-refractivity contribution in [2.45, 2.75) is 0 Å². The quantitative estimate of drug-likeness (QED) is 0.602. The van der Waals surface area contributed by atoms with Crippen molar-refractivity contribution in [3.8, 4) is 11.1 Å². The lowest BCUT2D eigenvalue weighted by Crippen LogP contribution is -1.80. The van der Waals surface area contributed by atoms with Gasteiger partial charge in [0.25, 0.3) is 0 Å². The van der Waals surface area contributed by atoms with E-state index < -0.39 is 0 Å². The molecule has 0 unspecified atom stereocenters. The summed E-state index contributed by atoms with van der Waals surface area (Å²) in [6.45, 7) is 0. The summed E-state index contributed by atoms with van der Waals surface area (Å²) in [5.41, 5.74) is 8.93. The lowest BCUT2D eigenvalue weighted by Gasteiger charge is -1.91. The summed E-state index contributed by atoms with van der Waals surface area (Å²) in [6, 6.07) is 14.1. The summed E-state index contributed by atoms with van der Waals surface area (Å²) in [4.78, 5) is 0. The summed E-state index contributed by atoms with van der Waals surface area (Å²) in [5.74, 6) is 0. The minimum Gasteiger partial charge on any atom is -0.398 e. The van der Waals surface area contributed by atoms with Crippen LogP contribution in [0.4, 0.5) is 5.69 Å². The van der Waals surface area contributed by atoms with Gasteiger partial charge < -0.3 is 5.73 Å². The minimum absolute atomic E-state index is 0.858. The molecule has 2 rings (SSSR count). The molecule has 1 heteroatoms. The summed E-state index contributed by atoms with van der Waals surface area (Å²) in [6.07, 6.45) is 0. The molecule has 0 spiro atoms. The second-order valence-electron chi connectivity index (χ2n) is 2.57. The largest absolute Gasteiger partial charge is 0.398 e. The Morgan fingerprint density at radius 1 is 0.818 bits per heavy atom. The van der Waals surface area contributed by atoms with Crippen LogP contribution >= 0.6 is 0 Å². The molecule has 0 saturated heterocycles. The maximum atomic E-state index is 5.73. The zero-order valence-electron chi connectivity index (χ0n) is 6.12. The van der Waals surface area contributed by atoms with Gasteiger partial charge in [-0.1, -0.05) is 36.4 Å². The summed E-state index contributed by atoms with van der Waals surface area (Å²) in [5, 5.41) is 0. The van der Waals surface area contributed by atoms with Crippen LogP contribution in [0.15, 0.2) is 42.5 Å². The van der Waals surface area contributed by atoms with Gasteiger partial charge in [0.05, 0.1) is 0 Å². The van der Waals surface area contributed by atoms with Crippen molar-refractivity contribution in [2.75, 3.05) is 5.73 Å². The number of hydrogen-bond donors (Lipinski definition) is 1. The first-order valence-electron chi connectivity index (χ1n) is 3.61. The minimum atomic E-state index is 0.858. The summed E-state index contributed by atoms with van der Waals surface area (Å²) < 4.78 is 0. The Bertz CT molecular complexity index is 341. The molecular weight excluding hydrogens is 134 g/mol. The van der Waals surface area contributed by atoms with E-state index >= 15 is 0 Å². The molecule has 2 N–H and O–H groups in total. The molecule has 2 aliphatic rings. The van der Waals surface area contributed by atoms with Crippen molar-refractivity contribution in [3.05, 3.63) is 42.5 Å². The Kier molecular flexibility index (Phi) is 1.29. The standard InChI is InChI=1S/C10H9N/c11-10-7-6-8-4-2-1-3-5-9(8)10/h1-7H,11H2. The van der Waals surface area contributed by atoms with Crippen molar-refractivity contribution in [1.29, 1.82) is 0 Å². The van der Waals surface area contributed by atoms with Crippen LogP contribution in [0.5, 0.6) is 0 Å². The zero-order chi connectivity index (χ0) is 7.68. The molecule has 0 aromatic heterocycles. The SMILES string of the molecule is Nc1ccc2cccccc1-2. The Morgan fingerprint density at radius 3 is 2.55 bits per heavy atom. The summed E-state index contributed by atoms with van der Waals surface area (Å²) >= 11 is 0. The fourth-order valence-corrected chi connectivity index (χ4v) is 1.24. The molecule has 0 fully saturated rings. The zero-order valence-corrected chi connectivity index (χ0v) is 6.12. The molecule has 1 nitrogen and oxygen atoms in total. The third-order valence-corrected chi connectivity index (χ3v) is 1.83. The molecule has 0 saturated carbocycles. The van der Waals surface area contributed by atoms with Gasteiger partial charge in [-0.25, -0.2) is 0 Å². The number of anilines is 1. The van der Waals surface area contributed by atoms with E-state index in [1.165, 1.54) is 5.56 Å². The Balaban J connectivity index is 2.75. The van der Waals surface area contributed by atoms with Crippen LogP contribution in [0.3, 0.4) is 0 Å².